The fourth-order valence-electron chi connectivity index (χ4n) is 2.95. The Balaban J connectivity index is 1.77. The summed E-state index contributed by atoms with van der Waals surface area (Å²) < 4.78 is 12.2. The molecular weight excluding hydrogens is 398 g/mol. The summed E-state index contributed by atoms with van der Waals surface area (Å²) in [5.74, 6) is 4.35. The van der Waals surface area contributed by atoms with Gasteiger partial charge in [0.05, 0.1) is 25.5 Å². The maximum Gasteiger partial charge on any atom is 0.269 e. The molecule has 0 bridgehead atoms. The molecule has 1 aliphatic heterocycles. The number of nitrogens with zero attached hydrogens (tertiary/aromatic N) is 2. The number of ether oxygens (including phenoxy) is 2. The molecule has 2 aromatic rings. The third kappa shape index (κ3) is 4.76. The van der Waals surface area contributed by atoms with Gasteiger partial charge in [-0.15, -0.1) is 0 Å². The Hall–Kier alpha value is -1.84. The van der Waals surface area contributed by atoms with Gasteiger partial charge in [-0.2, -0.15) is 28.6 Å². The topological polar surface area (TPSA) is 85.6 Å². The number of aromatic nitrogens is 2. The van der Waals surface area contributed by atoms with Crippen LogP contribution in [0.4, 0.5) is 0 Å². The first-order chi connectivity index (χ1) is 13.5. The van der Waals surface area contributed by atoms with Gasteiger partial charge in [0, 0.05) is 42.2 Å². The molecular formula is C19H25N3O4S2. The Morgan fingerprint density at radius 3 is 2.61 bits per heavy atom. The number of hydrogen-bond donors (Lipinski definition) is 2. The standard InChI is InChI=1S/C19H25N3O4S2/c1-22-16(18(23)20-10-19(24)11-27-6-7-28-12-19)9-15(21-22)14-8-13(25-2)4-5-17(14)26-3/h4-5,8-9,24H,6-7,10-12H2,1-3H3,(H,20,23). The average Bonchev–Trinajstić information content (AvgIpc) is 2.96. The summed E-state index contributed by atoms with van der Waals surface area (Å²) in [6.07, 6.45) is 0. The van der Waals surface area contributed by atoms with E-state index in [-0.39, 0.29) is 12.5 Å². The van der Waals surface area contributed by atoms with Gasteiger partial charge < -0.3 is 19.9 Å². The van der Waals surface area contributed by atoms with Gasteiger partial charge >= 0.3 is 0 Å². The zero-order valence-electron chi connectivity index (χ0n) is 16.2. The van der Waals surface area contributed by atoms with Crippen LogP contribution in [0.5, 0.6) is 11.5 Å². The van der Waals surface area contributed by atoms with Crippen LogP contribution in [0.3, 0.4) is 0 Å². The Morgan fingerprint density at radius 2 is 1.96 bits per heavy atom. The van der Waals surface area contributed by atoms with E-state index in [1.54, 1.807) is 56.9 Å². The second-order valence-corrected chi connectivity index (χ2v) is 8.83. The van der Waals surface area contributed by atoms with Crippen molar-refractivity contribution < 1.29 is 19.4 Å². The SMILES string of the molecule is COc1ccc(OC)c(-c2cc(C(=O)NCC3(O)CSCCSC3)n(C)n2)c1. The minimum Gasteiger partial charge on any atom is -0.497 e. The van der Waals surface area contributed by atoms with Gasteiger partial charge in [0.1, 0.15) is 17.2 Å². The highest BCUT2D eigenvalue weighted by Gasteiger charge is 2.30. The first-order valence-corrected chi connectivity index (χ1v) is 11.2. The molecule has 1 aliphatic rings. The van der Waals surface area contributed by atoms with Gasteiger partial charge in [0.25, 0.3) is 5.91 Å². The molecule has 0 saturated carbocycles. The molecule has 2 heterocycles. The molecule has 1 fully saturated rings. The van der Waals surface area contributed by atoms with Crippen molar-refractivity contribution in [3.05, 3.63) is 30.0 Å². The molecule has 152 valence electrons. The summed E-state index contributed by atoms with van der Waals surface area (Å²) in [6, 6.07) is 7.15. The number of carbonyl (C=O) groups excluding carboxylic acids is 1. The highest BCUT2D eigenvalue weighted by molar-refractivity contribution is 8.03. The molecule has 0 spiro atoms. The second-order valence-electron chi connectivity index (χ2n) is 6.62. The van der Waals surface area contributed by atoms with Crippen LogP contribution in [0.1, 0.15) is 10.5 Å². The molecule has 1 aromatic heterocycles. The smallest absolute Gasteiger partial charge is 0.269 e. The number of carbonyl (C=O) groups is 1. The van der Waals surface area contributed by atoms with Crippen LogP contribution in [0.25, 0.3) is 11.3 Å². The van der Waals surface area contributed by atoms with E-state index in [2.05, 4.69) is 10.4 Å². The van der Waals surface area contributed by atoms with Gasteiger partial charge in [-0.25, -0.2) is 0 Å². The fraction of sp³-hybridized carbons (Fsp3) is 0.474. The monoisotopic (exact) mass is 423 g/mol. The van der Waals surface area contributed by atoms with E-state index in [0.29, 0.717) is 34.4 Å². The first kappa shape index (κ1) is 20.9. The van der Waals surface area contributed by atoms with Gasteiger partial charge in [-0.1, -0.05) is 0 Å². The van der Waals surface area contributed by atoms with Crippen LogP contribution >= 0.6 is 23.5 Å². The molecule has 28 heavy (non-hydrogen) atoms. The average molecular weight is 424 g/mol. The van der Waals surface area contributed by atoms with Crippen molar-refractivity contribution in [3.63, 3.8) is 0 Å². The van der Waals surface area contributed by atoms with E-state index < -0.39 is 5.60 Å². The predicted octanol–water partition coefficient (Wildman–Crippen LogP) is 2.05. The lowest BCUT2D eigenvalue weighted by molar-refractivity contribution is 0.0747. The first-order valence-electron chi connectivity index (χ1n) is 8.88. The summed E-state index contributed by atoms with van der Waals surface area (Å²) in [5.41, 5.74) is 0.880. The van der Waals surface area contributed by atoms with E-state index in [9.17, 15) is 9.90 Å². The van der Waals surface area contributed by atoms with E-state index in [1.165, 1.54) is 4.68 Å². The van der Waals surface area contributed by atoms with E-state index in [0.717, 1.165) is 17.1 Å². The fourth-order valence-corrected chi connectivity index (χ4v) is 5.48. The van der Waals surface area contributed by atoms with Gasteiger partial charge in [0.2, 0.25) is 0 Å². The minimum absolute atomic E-state index is 0.217. The predicted molar refractivity (Wildman–Crippen MR) is 114 cm³/mol. The molecule has 1 aromatic carbocycles. The summed E-state index contributed by atoms with van der Waals surface area (Å²) >= 11 is 3.43. The van der Waals surface area contributed by atoms with Crippen LogP contribution < -0.4 is 14.8 Å². The van der Waals surface area contributed by atoms with E-state index in [1.807, 2.05) is 12.1 Å². The highest BCUT2D eigenvalue weighted by Crippen LogP contribution is 2.33. The van der Waals surface area contributed by atoms with Crippen LogP contribution in [0, 0.1) is 0 Å². The third-order valence-electron chi connectivity index (χ3n) is 4.49. The van der Waals surface area contributed by atoms with Crippen LogP contribution in [0.2, 0.25) is 0 Å². The summed E-state index contributed by atoms with van der Waals surface area (Å²) in [6.45, 7) is 0.217. The van der Waals surface area contributed by atoms with Crippen LogP contribution in [-0.4, -0.2) is 70.2 Å². The van der Waals surface area contributed by atoms with Crippen molar-refractivity contribution in [1.82, 2.24) is 15.1 Å². The zero-order valence-corrected chi connectivity index (χ0v) is 17.9. The summed E-state index contributed by atoms with van der Waals surface area (Å²) in [7, 11) is 4.90. The summed E-state index contributed by atoms with van der Waals surface area (Å²) in [5, 5.41) is 18.0. The molecule has 7 nitrogen and oxygen atoms in total. The van der Waals surface area contributed by atoms with Crippen molar-refractivity contribution in [3.8, 4) is 22.8 Å². The molecule has 9 heteroatoms. The van der Waals surface area contributed by atoms with Gasteiger partial charge in [-0.05, 0) is 24.3 Å². The number of aryl methyl sites for hydroxylation is 1. The van der Waals surface area contributed by atoms with E-state index in [4.69, 9.17) is 9.47 Å². The number of amides is 1. The Labute approximate surface area is 173 Å². The molecule has 0 aliphatic carbocycles. The lowest BCUT2D eigenvalue weighted by Gasteiger charge is -2.25. The van der Waals surface area contributed by atoms with Crippen molar-refractivity contribution in [1.29, 1.82) is 0 Å². The number of hydrogen-bond acceptors (Lipinski definition) is 7. The number of methoxy groups -OCH3 is 2. The molecule has 2 N–H and O–H groups in total. The van der Waals surface area contributed by atoms with E-state index >= 15 is 0 Å². The maximum atomic E-state index is 12.7. The lowest BCUT2D eigenvalue weighted by atomic mass is 10.1. The van der Waals surface area contributed by atoms with Crippen molar-refractivity contribution >= 4 is 29.4 Å². The molecule has 1 amide bonds. The normalized spacial score (nSPS) is 16.3. The largest absolute Gasteiger partial charge is 0.497 e. The van der Waals surface area contributed by atoms with Gasteiger partial charge in [-0.3, -0.25) is 9.48 Å². The molecule has 0 radical (unpaired) electrons. The number of benzene rings is 1. The molecule has 3 rings (SSSR count). The zero-order chi connectivity index (χ0) is 20.1. The van der Waals surface area contributed by atoms with Crippen molar-refractivity contribution in [2.24, 2.45) is 7.05 Å². The van der Waals surface area contributed by atoms with Crippen molar-refractivity contribution in [2.45, 2.75) is 5.60 Å². The minimum atomic E-state index is -0.890. The molecule has 0 atom stereocenters. The highest BCUT2D eigenvalue weighted by atomic mass is 32.2. The Morgan fingerprint density at radius 1 is 1.25 bits per heavy atom. The van der Waals surface area contributed by atoms with Crippen LogP contribution in [0.15, 0.2) is 24.3 Å². The lowest BCUT2D eigenvalue weighted by Crippen LogP contribution is -2.46. The summed E-state index contributed by atoms with van der Waals surface area (Å²) in [4.78, 5) is 12.7. The van der Waals surface area contributed by atoms with Crippen molar-refractivity contribution in [2.75, 3.05) is 43.8 Å². The second kappa shape index (κ2) is 9.11. The Bertz CT molecular complexity index is 833. The van der Waals surface area contributed by atoms with Crippen LogP contribution in [-0.2, 0) is 7.05 Å². The van der Waals surface area contributed by atoms with Gasteiger partial charge in [0.15, 0.2) is 0 Å². The molecule has 0 unspecified atom stereocenters. The molecule has 1 saturated heterocycles. The third-order valence-corrected chi connectivity index (χ3v) is 7.21. The quantitative estimate of drug-likeness (QED) is 0.735. The number of nitrogens with one attached hydrogen (secondary N) is 1. The number of rotatable bonds is 6. The number of aliphatic hydroxyl groups is 1. The number of thioether (sulfide) groups is 2. The Kier molecular flexibility index (Phi) is 6.79. The maximum absolute atomic E-state index is 12.7.